The lowest BCUT2D eigenvalue weighted by molar-refractivity contribution is -0.118. The summed E-state index contributed by atoms with van der Waals surface area (Å²) in [4.78, 5) is 21.6. The van der Waals surface area contributed by atoms with Gasteiger partial charge in [-0.1, -0.05) is 0 Å². The standard InChI is InChI=1S/C12H16N4O2S2.ClH/c1-6-10(20-7(2)14-6)9-5-19-12(15-9)16-11(17)8(13)4-18-3;/h5,8H,4,13H2,1-3H3,(H,15,16,17);1H. The number of rotatable bonds is 5. The van der Waals surface area contributed by atoms with E-state index in [2.05, 4.69) is 15.3 Å². The van der Waals surface area contributed by atoms with Crippen molar-refractivity contribution in [2.24, 2.45) is 5.73 Å². The van der Waals surface area contributed by atoms with E-state index in [1.165, 1.54) is 18.4 Å². The van der Waals surface area contributed by atoms with Gasteiger partial charge < -0.3 is 15.8 Å². The van der Waals surface area contributed by atoms with Crippen LogP contribution in [0.1, 0.15) is 10.7 Å². The zero-order valence-corrected chi connectivity index (χ0v) is 14.3. The largest absolute Gasteiger partial charge is 0.383 e. The molecular formula is C12H17ClN4O2S2. The van der Waals surface area contributed by atoms with Crippen molar-refractivity contribution in [2.45, 2.75) is 19.9 Å². The van der Waals surface area contributed by atoms with E-state index in [0.29, 0.717) is 5.13 Å². The second kappa shape index (κ2) is 7.81. The highest BCUT2D eigenvalue weighted by atomic mass is 35.5. The van der Waals surface area contributed by atoms with E-state index < -0.39 is 6.04 Å². The van der Waals surface area contributed by atoms with Gasteiger partial charge >= 0.3 is 0 Å². The fraction of sp³-hybridized carbons (Fsp3) is 0.417. The number of nitrogens with one attached hydrogen (secondary N) is 1. The highest BCUT2D eigenvalue weighted by Gasteiger charge is 2.16. The van der Waals surface area contributed by atoms with Gasteiger partial charge in [0.1, 0.15) is 6.04 Å². The van der Waals surface area contributed by atoms with Crippen LogP contribution in [0.5, 0.6) is 0 Å². The number of nitrogens with zero attached hydrogens (tertiary/aromatic N) is 2. The second-order valence-corrected chi connectivity index (χ2v) is 6.30. The Kier molecular flexibility index (Phi) is 6.69. The van der Waals surface area contributed by atoms with Gasteiger partial charge in [0.15, 0.2) is 5.13 Å². The van der Waals surface area contributed by atoms with Crippen molar-refractivity contribution >= 4 is 46.1 Å². The molecule has 1 atom stereocenters. The third-order valence-electron chi connectivity index (χ3n) is 2.55. The van der Waals surface area contributed by atoms with Crippen LogP contribution in [0.15, 0.2) is 5.38 Å². The fourth-order valence-corrected chi connectivity index (χ4v) is 3.32. The highest BCUT2D eigenvalue weighted by molar-refractivity contribution is 7.16. The molecule has 1 amide bonds. The minimum Gasteiger partial charge on any atom is -0.383 e. The van der Waals surface area contributed by atoms with Crippen molar-refractivity contribution in [1.29, 1.82) is 0 Å². The topological polar surface area (TPSA) is 90.1 Å². The second-order valence-electron chi connectivity index (χ2n) is 4.24. The maximum Gasteiger partial charge on any atom is 0.245 e. The number of hydrogen-bond acceptors (Lipinski definition) is 7. The maximum atomic E-state index is 11.8. The molecule has 0 fully saturated rings. The number of halogens is 1. The molecule has 0 spiro atoms. The zero-order chi connectivity index (χ0) is 14.7. The predicted octanol–water partition coefficient (Wildman–Crippen LogP) is 2.22. The monoisotopic (exact) mass is 348 g/mol. The molecule has 1 unspecified atom stereocenters. The van der Waals surface area contributed by atoms with Crippen molar-refractivity contribution in [3.05, 3.63) is 16.1 Å². The molecule has 2 aromatic heterocycles. The summed E-state index contributed by atoms with van der Waals surface area (Å²) in [6, 6.07) is -0.695. The van der Waals surface area contributed by atoms with Gasteiger partial charge in [0, 0.05) is 12.5 Å². The molecule has 0 aliphatic rings. The number of methoxy groups -OCH3 is 1. The lowest BCUT2D eigenvalue weighted by Crippen LogP contribution is -2.39. The van der Waals surface area contributed by atoms with Gasteiger partial charge in [-0.25, -0.2) is 9.97 Å². The van der Waals surface area contributed by atoms with Crippen LogP contribution < -0.4 is 11.1 Å². The fourth-order valence-electron chi connectivity index (χ4n) is 1.66. The van der Waals surface area contributed by atoms with Crippen LogP contribution in [0.25, 0.3) is 10.6 Å². The van der Waals surface area contributed by atoms with E-state index in [1.807, 2.05) is 19.2 Å². The van der Waals surface area contributed by atoms with E-state index in [4.69, 9.17) is 10.5 Å². The van der Waals surface area contributed by atoms with Crippen molar-refractivity contribution in [3.63, 3.8) is 0 Å². The van der Waals surface area contributed by atoms with Gasteiger partial charge in [-0.05, 0) is 13.8 Å². The minimum absolute atomic E-state index is 0. The number of carbonyl (C=O) groups excluding carboxylic acids is 1. The number of aromatic nitrogens is 2. The van der Waals surface area contributed by atoms with Crippen LogP contribution in [-0.4, -0.2) is 35.6 Å². The summed E-state index contributed by atoms with van der Waals surface area (Å²) in [6.45, 7) is 4.09. The lowest BCUT2D eigenvalue weighted by atomic mass is 10.3. The summed E-state index contributed by atoms with van der Waals surface area (Å²) >= 11 is 2.96. The van der Waals surface area contributed by atoms with Gasteiger partial charge in [0.2, 0.25) is 5.91 Å². The number of anilines is 1. The van der Waals surface area contributed by atoms with Crippen LogP contribution in [0.3, 0.4) is 0 Å². The molecule has 2 aromatic rings. The molecule has 9 heteroatoms. The SMILES string of the molecule is COCC(N)C(=O)Nc1nc(-c2sc(C)nc2C)cs1.Cl. The molecule has 0 aliphatic carbocycles. The molecule has 0 bridgehead atoms. The molecule has 0 saturated carbocycles. The van der Waals surface area contributed by atoms with Gasteiger partial charge in [0.25, 0.3) is 0 Å². The Balaban J connectivity index is 0.00000220. The average molecular weight is 349 g/mol. The number of nitrogens with two attached hydrogens (primary N) is 1. The number of hydrogen-bond donors (Lipinski definition) is 2. The van der Waals surface area contributed by atoms with E-state index >= 15 is 0 Å². The molecule has 0 radical (unpaired) electrons. The Morgan fingerprint density at radius 1 is 1.48 bits per heavy atom. The number of ether oxygens (including phenoxy) is 1. The molecule has 21 heavy (non-hydrogen) atoms. The molecule has 3 N–H and O–H groups in total. The Hall–Kier alpha value is -1.06. The summed E-state index contributed by atoms with van der Waals surface area (Å²) in [7, 11) is 1.50. The van der Waals surface area contributed by atoms with Crippen molar-refractivity contribution < 1.29 is 9.53 Å². The highest BCUT2D eigenvalue weighted by Crippen LogP contribution is 2.31. The maximum absolute atomic E-state index is 11.8. The normalized spacial score (nSPS) is 11.8. The summed E-state index contributed by atoms with van der Waals surface area (Å²) in [5.74, 6) is -0.301. The first-order valence-electron chi connectivity index (χ1n) is 5.96. The quantitative estimate of drug-likeness (QED) is 0.864. The Morgan fingerprint density at radius 2 is 2.19 bits per heavy atom. The number of amides is 1. The van der Waals surface area contributed by atoms with Crippen molar-refractivity contribution in [2.75, 3.05) is 19.0 Å². The van der Waals surface area contributed by atoms with E-state index in [9.17, 15) is 4.79 Å². The molecule has 0 saturated heterocycles. The van der Waals surface area contributed by atoms with Gasteiger partial charge in [-0.2, -0.15) is 0 Å². The first-order chi connectivity index (χ1) is 9.51. The molecule has 2 heterocycles. The molecule has 0 aromatic carbocycles. The van der Waals surface area contributed by atoms with Gasteiger partial charge in [0.05, 0.1) is 27.9 Å². The van der Waals surface area contributed by atoms with Crippen molar-refractivity contribution in [3.8, 4) is 10.6 Å². The zero-order valence-electron chi connectivity index (χ0n) is 11.9. The number of thiazole rings is 2. The Labute approximate surface area is 137 Å². The predicted molar refractivity (Wildman–Crippen MR) is 88.4 cm³/mol. The van der Waals surface area contributed by atoms with Gasteiger partial charge in [-0.3, -0.25) is 4.79 Å². The van der Waals surface area contributed by atoms with Crippen molar-refractivity contribution in [1.82, 2.24) is 9.97 Å². The third-order valence-corrected chi connectivity index (χ3v) is 4.41. The van der Waals surface area contributed by atoms with Crippen LogP contribution in [0, 0.1) is 13.8 Å². The summed E-state index contributed by atoms with van der Waals surface area (Å²) in [5.41, 5.74) is 7.43. The first kappa shape index (κ1) is 18.0. The van der Waals surface area contributed by atoms with Crippen LogP contribution in [-0.2, 0) is 9.53 Å². The molecule has 0 aliphatic heterocycles. The summed E-state index contributed by atoms with van der Waals surface area (Å²) in [6.07, 6.45) is 0. The molecule has 6 nitrogen and oxygen atoms in total. The number of carbonyl (C=O) groups is 1. The third kappa shape index (κ3) is 4.45. The first-order valence-corrected chi connectivity index (χ1v) is 7.66. The summed E-state index contributed by atoms with van der Waals surface area (Å²) in [5, 5.41) is 6.12. The smallest absolute Gasteiger partial charge is 0.245 e. The Morgan fingerprint density at radius 3 is 2.76 bits per heavy atom. The lowest BCUT2D eigenvalue weighted by Gasteiger charge is -2.08. The molecule has 116 valence electrons. The average Bonchev–Trinajstić information content (AvgIpc) is 2.96. The minimum atomic E-state index is -0.695. The summed E-state index contributed by atoms with van der Waals surface area (Å²) < 4.78 is 4.85. The van der Waals surface area contributed by atoms with Crippen LogP contribution in [0.4, 0.5) is 5.13 Å². The Bertz CT molecular complexity index is 614. The van der Waals surface area contributed by atoms with E-state index in [-0.39, 0.29) is 24.9 Å². The van der Waals surface area contributed by atoms with E-state index in [1.54, 1.807) is 11.3 Å². The van der Waals surface area contributed by atoms with Crippen LogP contribution >= 0.6 is 35.1 Å². The molecule has 2 rings (SSSR count). The van der Waals surface area contributed by atoms with Crippen LogP contribution in [0.2, 0.25) is 0 Å². The molecular weight excluding hydrogens is 332 g/mol. The van der Waals surface area contributed by atoms with E-state index in [0.717, 1.165) is 21.3 Å². The number of aryl methyl sites for hydroxylation is 2. The van der Waals surface area contributed by atoms with Gasteiger partial charge in [-0.15, -0.1) is 35.1 Å².